The van der Waals surface area contributed by atoms with Crippen LogP contribution in [0.1, 0.15) is 25.0 Å². The Labute approximate surface area is 304 Å². The van der Waals surface area contributed by atoms with Gasteiger partial charge in [0.05, 0.1) is 22.4 Å². The van der Waals surface area contributed by atoms with E-state index in [1.165, 1.54) is 55.2 Å². The van der Waals surface area contributed by atoms with Crippen molar-refractivity contribution in [3.8, 4) is 61.6 Å². The van der Waals surface area contributed by atoms with Crippen molar-refractivity contribution in [1.29, 1.82) is 0 Å². The fourth-order valence-corrected chi connectivity index (χ4v) is 8.43. The van der Waals surface area contributed by atoms with Gasteiger partial charge in [0.1, 0.15) is 0 Å². The number of para-hydroxylation sites is 1. The lowest BCUT2D eigenvalue weighted by molar-refractivity contribution is 0.660. The lowest BCUT2D eigenvalue weighted by atomic mass is 9.82. The van der Waals surface area contributed by atoms with E-state index in [1.54, 1.807) is 0 Å². The van der Waals surface area contributed by atoms with Gasteiger partial charge in [-0.25, -0.2) is 4.98 Å². The first-order valence-electron chi connectivity index (χ1n) is 18.1. The molecule has 10 rings (SSSR count). The standard InChI is InChI=1S/C50H36N2/c1-50(2)43-23-13-12-21-41(43)49-39(22-14-24-44(49)50)35-26-28-47-42(29-35)40-27-25-36(32-48(40)52(47)38-19-10-5-11-20-38)46-31-37(33-15-6-3-7-16-33)30-45(51-46)34-17-8-4-9-18-34/h3-32H,1-2H3. The van der Waals surface area contributed by atoms with Crippen LogP contribution >= 0.6 is 0 Å². The van der Waals surface area contributed by atoms with E-state index >= 15 is 0 Å². The molecule has 1 aliphatic carbocycles. The summed E-state index contributed by atoms with van der Waals surface area (Å²) in [5.74, 6) is 0. The number of rotatable bonds is 5. The van der Waals surface area contributed by atoms with Gasteiger partial charge in [-0.1, -0.05) is 153 Å². The summed E-state index contributed by atoms with van der Waals surface area (Å²) in [6, 6.07) is 65.9. The van der Waals surface area contributed by atoms with Crippen LogP contribution in [0.3, 0.4) is 0 Å². The van der Waals surface area contributed by atoms with Gasteiger partial charge in [-0.05, 0) is 87.0 Å². The van der Waals surface area contributed by atoms with Crippen molar-refractivity contribution >= 4 is 21.8 Å². The minimum Gasteiger partial charge on any atom is -0.309 e. The SMILES string of the molecule is CC1(C)c2ccccc2-c2c(-c3ccc4c(c3)c3ccc(-c5cc(-c6ccccc6)cc(-c6ccccc6)n5)cc3n4-c3ccccc3)cccc21. The van der Waals surface area contributed by atoms with Gasteiger partial charge in [-0.15, -0.1) is 0 Å². The van der Waals surface area contributed by atoms with Crippen LogP contribution in [0.5, 0.6) is 0 Å². The Morgan fingerprint density at radius 1 is 0.404 bits per heavy atom. The van der Waals surface area contributed by atoms with Crippen LogP contribution in [0.15, 0.2) is 182 Å². The minimum atomic E-state index is -0.0437. The monoisotopic (exact) mass is 664 g/mol. The molecule has 2 nitrogen and oxygen atoms in total. The number of nitrogens with zero attached hydrogens (tertiary/aromatic N) is 2. The first kappa shape index (κ1) is 30.3. The van der Waals surface area contributed by atoms with Gasteiger partial charge >= 0.3 is 0 Å². The van der Waals surface area contributed by atoms with E-state index in [1.807, 2.05) is 0 Å². The van der Waals surface area contributed by atoms with Crippen molar-refractivity contribution in [2.24, 2.45) is 0 Å². The maximum atomic E-state index is 5.27. The molecule has 246 valence electrons. The van der Waals surface area contributed by atoms with Crippen LogP contribution in [0, 0.1) is 0 Å². The Balaban J connectivity index is 1.19. The van der Waals surface area contributed by atoms with Gasteiger partial charge in [-0.3, -0.25) is 0 Å². The third kappa shape index (κ3) is 4.76. The molecule has 0 radical (unpaired) electrons. The molecule has 9 aromatic rings. The molecule has 0 fully saturated rings. The Kier molecular flexibility index (Phi) is 6.87. The average molecular weight is 665 g/mol. The highest BCUT2D eigenvalue weighted by atomic mass is 15.0. The average Bonchev–Trinajstić information content (AvgIpc) is 3.66. The zero-order chi connectivity index (χ0) is 34.8. The summed E-state index contributed by atoms with van der Waals surface area (Å²) in [6.45, 7) is 4.70. The van der Waals surface area contributed by atoms with Crippen molar-refractivity contribution in [1.82, 2.24) is 9.55 Å². The van der Waals surface area contributed by atoms with Crippen LogP contribution in [-0.2, 0) is 5.41 Å². The summed E-state index contributed by atoms with van der Waals surface area (Å²) in [4.78, 5) is 5.27. The molecule has 0 amide bonds. The molecule has 0 bridgehead atoms. The van der Waals surface area contributed by atoms with E-state index in [0.29, 0.717) is 0 Å². The number of aromatic nitrogens is 2. The third-order valence-electron chi connectivity index (χ3n) is 11.0. The fourth-order valence-electron chi connectivity index (χ4n) is 8.43. The topological polar surface area (TPSA) is 17.8 Å². The summed E-state index contributed by atoms with van der Waals surface area (Å²) in [6.07, 6.45) is 0. The molecule has 0 saturated heterocycles. The lowest BCUT2D eigenvalue weighted by Gasteiger charge is -2.21. The summed E-state index contributed by atoms with van der Waals surface area (Å²) in [5.41, 5.74) is 17.9. The molecular weight excluding hydrogens is 629 g/mol. The predicted octanol–water partition coefficient (Wildman–Crippen LogP) is 13.2. The molecule has 0 atom stereocenters. The van der Waals surface area contributed by atoms with Crippen LogP contribution < -0.4 is 0 Å². The quantitative estimate of drug-likeness (QED) is 0.179. The third-order valence-corrected chi connectivity index (χ3v) is 11.0. The number of hydrogen-bond acceptors (Lipinski definition) is 1. The highest BCUT2D eigenvalue weighted by Gasteiger charge is 2.36. The number of fused-ring (bicyclic) bond motifs is 6. The van der Waals surface area contributed by atoms with Gasteiger partial charge in [0.15, 0.2) is 0 Å². The Morgan fingerprint density at radius 2 is 1.02 bits per heavy atom. The smallest absolute Gasteiger partial charge is 0.0716 e. The summed E-state index contributed by atoms with van der Waals surface area (Å²) < 4.78 is 2.41. The molecule has 0 unspecified atom stereocenters. The van der Waals surface area contributed by atoms with Crippen molar-refractivity contribution in [2.45, 2.75) is 19.3 Å². The normalized spacial score (nSPS) is 13.0. The summed E-state index contributed by atoms with van der Waals surface area (Å²) >= 11 is 0. The first-order valence-corrected chi connectivity index (χ1v) is 18.1. The van der Waals surface area contributed by atoms with E-state index in [4.69, 9.17) is 4.98 Å². The van der Waals surface area contributed by atoms with Gasteiger partial charge in [0, 0.05) is 33.0 Å². The molecule has 7 aromatic carbocycles. The zero-order valence-electron chi connectivity index (χ0n) is 29.2. The molecule has 0 aliphatic heterocycles. The predicted molar refractivity (Wildman–Crippen MR) is 218 cm³/mol. The Hall–Kier alpha value is -6.51. The van der Waals surface area contributed by atoms with Crippen LogP contribution in [-0.4, -0.2) is 9.55 Å². The second-order valence-electron chi connectivity index (χ2n) is 14.4. The molecule has 1 aliphatic rings. The Bertz CT molecular complexity index is 2730. The van der Waals surface area contributed by atoms with Crippen LogP contribution in [0.2, 0.25) is 0 Å². The molecule has 2 aromatic heterocycles. The molecule has 0 spiro atoms. The van der Waals surface area contributed by atoms with Crippen LogP contribution in [0.25, 0.3) is 83.4 Å². The van der Waals surface area contributed by atoms with E-state index in [2.05, 4.69) is 200 Å². The molecule has 52 heavy (non-hydrogen) atoms. The highest BCUT2D eigenvalue weighted by molar-refractivity contribution is 6.12. The summed E-state index contributed by atoms with van der Waals surface area (Å²) in [7, 11) is 0. The van der Waals surface area contributed by atoms with E-state index in [-0.39, 0.29) is 5.41 Å². The molecule has 2 heterocycles. The largest absolute Gasteiger partial charge is 0.309 e. The van der Waals surface area contributed by atoms with Crippen molar-refractivity contribution in [2.75, 3.05) is 0 Å². The maximum Gasteiger partial charge on any atom is 0.0716 e. The van der Waals surface area contributed by atoms with Crippen molar-refractivity contribution in [3.63, 3.8) is 0 Å². The van der Waals surface area contributed by atoms with E-state index in [9.17, 15) is 0 Å². The number of hydrogen-bond donors (Lipinski definition) is 0. The van der Waals surface area contributed by atoms with Gasteiger partial charge < -0.3 is 4.57 Å². The molecule has 2 heteroatoms. The maximum absolute atomic E-state index is 5.27. The van der Waals surface area contributed by atoms with Gasteiger partial charge in [0.2, 0.25) is 0 Å². The first-order chi connectivity index (χ1) is 25.5. The van der Waals surface area contributed by atoms with E-state index in [0.717, 1.165) is 39.3 Å². The minimum absolute atomic E-state index is 0.0437. The van der Waals surface area contributed by atoms with Gasteiger partial charge in [0.25, 0.3) is 0 Å². The van der Waals surface area contributed by atoms with Gasteiger partial charge in [-0.2, -0.15) is 0 Å². The van der Waals surface area contributed by atoms with Crippen molar-refractivity contribution < 1.29 is 0 Å². The van der Waals surface area contributed by atoms with Crippen molar-refractivity contribution in [3.05, 3.63) is 193 Å². The lowest BCUT2D eigenvalue weighted by Crippen LogP contribution is -2.14. The number of benzene rings is 7. The second kappa shape index (κ2) is 11.8. The Morgan fingerprint density at radius 3 is 1.79 bits per heavy atom. The summed E-state index contributed by atoms with van der Waals surface area (Å²) in [5, 5.41) is 2.46. The highest BCUT2D eigenvalue weighted by Crippen LogP contribution is 2.52. The molecular formula is C50H36N2. The second-order valence-corrected chi connectivity index (χ2v) is 14.4. The zero-order valence-corrected chi connectivity index (χ0v) is 29.2. The van der Waals surface area contributed by atoms with E-state index < -0.39 is 0 Å². The fraction of sp³-hybridized carbons (Fsp3) is 0.0600. The van der Waals surface area contributed by atoms with Crippen LogP contribution in [0.4, 0.5) is 0 Å². The number of pyridine rings is 1. The molecule has 0 saturated carbocycles. The molecule has 0 N–H and O–H groups in total.